The number of anilines is 1. The molecule has 0 spiro atoms. The number of carbonyl (C=O) groups is 1. The van der Waals surface area contributed by atoms with Gasteiger partial charge in [0.2, 0.25) is 0 Å². The Balaban J connectivity index is 2.50. The van der Waals surface area contributed by atoms with Gasteiger partial charge in [-0.2, -0.15) is 0 Å². The van der Waals surface area contributed by atoms with Crippen molar-refractivity contribution in [3.05, 3.63) is 22.4 Å². The molecular formula is C12H16N2O2. The molecule has 0 bridgehead atoms. The van der Waals surface area contributed by atoms with Gasteiger partial charge in [-0.3, -0.25) is 0 Å². The summed E-state index contributed by atoms with van der Waals surface area (Å²) in [4.78, 5) is 16.0. The zero-order valence-corrected chi connectivity index (χ0v) is 9.67. The van der Waals surface area contributed by atoms with E-state index in [-0.39, 0.29) is 5.97 Å². The third-order valence-corrected chi connectivity index (χ3v) is 3.01. The minimum absolute atomic E-state index is 0.302. The maximum atomic E-state index is 11.7. The molecule has 0 saturated carbocycles. The first-order valence-electron chi connectivity index (χ1n) is 5.60. The molecule has 16 heavy (non-hydrogen) atoms. The Bertz CT molecular complexity index is 441. The molecule has 0 aliphatic heterocycles. The molecule has 1 aliphatic carbocycles. The molecule has 1 aromatic rings. The lowest BCUT2D eigenvalue weighted by Gasteiger charge is -2.12. The van der Waals surface area contributed by atoms with E-state index in [1.54, 1.807) is 6.92 Å². The van der Waals surface area contributed by atoms with Gasteiger partial charge in [-0.05, 0) is 44.2 Å². The van der Waals surface area contributed by atoms with E-state index in [0.717, 1.165) is 30.5 Å². The summed E-state index contributed by atoms with van der Waals surface area (Å²) in [6.07, 6.45) is 3.04. The highest BCUT2D eigenvalue weighted by Crippen LogP contribution is 2.29. The number of aryl methyl sites for hydroxylation is 1. The summed E-state index contributed by atoms with van der Waals surface area (Å²) in [6, 6.07) is 0. The number of pyridine rings is 1. The predicted octanol–water partition coefficient (Wildman–Crippen LogP) is 1.64. The van der Waals surface area contributed by atoms with Gasteiger partial charge < -0.3 is 10.5 Å². The van der Waals surface area contributed by atoms with Crippen LogP contribution in [-0.4, -0.2) is 17.6 Å². The third-order valence-electron chi connectivity index (χ3n) is 3.01. The molecule has 0 fully saturated rings. The Kier molecular flexibility index (Phi) is 2.81. The van der Waals surface area contributed by atoms with Crippen LogP contribution in [0.4, 0.5) is 5.82 Å². The first-order chi connectivity index (χ1) is 7.65. The molecule has 0 unspecified atom stereocenters. The molecule has 2 N–H and O–H groups in total. The van der Waals surface area contributed by atoms with Crippen LogP contribution in [0, 0.1) is 6.92 Å². The van der Waals surface area contributed by atoms with Gasteiger partial charge >= 0.3 is 5.97 Å². The van der Waals surface area contributed by atoms with E-state index in [1.165, 1.54) is 5.56 Å². The van der Waals surface area contributed by atoms with Gasteiger partial charge in [-0.15, -0.1) is 0 Å². The summed E-state index contributed by atoms with van der Waals surface area (Å²) >= 11 is 0. The topological polar surface area (TPSA) is 65.2 Å². The van der Waals surface area contributed by atoms with Gasteiger partial charge in [0, 0.05) is 5.69 Å². The van der Waals surface area contributed by atoms with E-state index in [4.69, 9.17) is 10.5 Å². The van der Waals surface area contributed by atoms with Crippen LogP contribution in [0.3, 0.4) is 0 Å². The predicted molar refractivity (Wildman–Crippen MR) is 61.4 cm³/mol. The Morgan fingerprint density at radius 1 is 1.50 bits per heavy atom. The van der Waals surface area contributed by atoms with Gasteiger partial charge in [0.25, 0.3) is 0 Å². The van der Waals surface area contributed by atoms with Crippen molar-refractivity contribution in [2.75, 3.05) is 12.3 Å². The number of fused-ring (bicyclic) bond motifs is 1. The van der Waals surface area contributed by atoms with Crippen molar-refractivity contribution in [1.82, 2.24) is 4.98 Å². The average Bonchev–Trinajstić information content (AvgIpc) is 2.66. The number of ether oxygens (including phenoxy) is 1. The quantitative estimate of drug-likeness (QED) is 0.769. The van der Waals surface area contributed by atoms with Gasteiger partial charge in [0.1, 0.15) is 11.4 Å². The molecular weight excluding hydrogens is 204 g/mol. The molecule has 0 aromatic carbocycles. The maximum absolute atomic E-state index is 11.7. The standard InChI is InChI=1S/C12H16N2O2/c1-3-16-12(15)10-7(2)8-5-4-6-9(8)14-11(10)13/h3-6H2,1-2H3,(H2,13,14). The molecule has 4 nitrogen and oxygen atoms in total. The fourth-order valence-corrected chi connectivity index (χ4v) is 2.26. The first kappa shape index (κ1) is 10.9. The fraction of sp³-hybridized carbons (Fsp3) is 0.500. The van der Waals surface area contributed by atoms with E-state index < -0.39 is 0 Å². The molecule has 0 saturated heterocycles. The van der Waals surface area contributed by atoms with Crippen molar-refractivity contribution in [2.45, 2.75) is 33.1 Å². The number of nitrogen functional groups attached to an aromatic ring is 1. The van der Waals surface area contributed by atoms with Crippen LogP contribution in [0.1, 0.15) is 40.5 Å². The Morgan fingerprint density at radius 2 is 2.25 bits per heavy atom. The van der Waals surface area contributed by atoms with Crippen LogP contribution in [-0.2, 0) is 17.6 Å². The number of aromatic nitrogens is 1. The number of rotatable bonds is 2. The summed E-state index contributed by atoms with van der Waals surface area (Å²) in [6.45, 7) is 4.06. The number of hydrogen-bond donors (Lipinski definition) is 1. The number of nitrogens with two attached hydrogens (primary N) is 1. The van der Waals surface area contributed by atoms with E-state index in [1.807, 2.05) is 6.92 Å². The Morgan fingerprint density at radius 3 is 2.94 bits per heavy atom. The van der Waals surface area contributed by atoms with E-state index in [2.05, 4.69) is 4.98 Å². The summed E-state index contributed by atoms with van der Waals surface area (Å²) in [5.74, 6) is -0.0590. The highest BCUT2D eigenvalue weighted by atomic mass is 16.5. The van der Waals surface area contributed by atoms with Gasteiger partial charge in [0.05, 0.1) is 6.61 Å². The maximum Gasteiger partial charge on any atom is 0.342 e. The van der Waals surface area contributed by atoms with Crippen LogP contribution < -0.4 is 5.73 Å². The second kappa shape index (κ2) is 4.12. The number of nitrogens with zero attached hydrogens (tertiary/aromatic N) is 1. The largest absolute Gasteiger partial charge is 0.462 e. The van der Waals surface area contributed by atoms with Crippen LogP contribution in [0.15, 0.2) is 0 Å². The molecule has 2 rings (SSSR count). The molecule has 0 atom stereocenters. The molecule has 0 radical (unpaired) electrons. The summed E-state index contributed by atoms with van der Waals surface area (Å²) in [5, 5.41) is 0. The molecule has 0 amide bonds. The van der Waals surface area contributed by atoms with Crippen molar-refractivity contribution in [3.8, 4) is 0 Å². The summed E-state index contributed by atoms with van der Waals surface area (Å²) in [5.41, 5.74) is 9.43. The van der Waals surface area contributed by atoms with Gasteiger partial charge in [0.15, 0.2) is 0 Å². The monoisotopic (exact) mass is 220 g/mol. The first-order valence-corrected chi connectivity index (χ1v) is 5.60. The molecule has 1 aliphatic rings. The fourth-order valence-electron chi connectivity index (χ4n) is 2.26. The van der Waals surface area contributed by atoms with E-state index in [9.17, 15) is 4.79 Å². The second-order valence-corrected chi connectivity index (χ2v) is 4.00. The zero-order valence-electron chi connectivity index (χ0n) is 9.67. The lowest BCUT2D eigenvalue weighted by molar-refractivity contribution is 0.0526. The van der Waals surface area contributed by atoms with E-state index >= 15 is 0 Å². The van der Waals surface area contributed by atoms with Crippen LogP contribution in [0.2, 0.25) is 0 Å². The highest BCUT2D eigenvalue weighted by molar-refractivity contribution is 5.96. The molecule has 4 heteroatoms. The minimum atomic E-state index is -0.361. The van der Waals surface area contributed by atoms with Crippen molar-refractivity contribution in [2.24, 2.45) is 0 Å². The minimum Gasteiger partial charge on any atom is -0.462 e. The lowest BCUT2D eigenvalue weighted by atomic mass is 10.0. The second-order valence-electron chi connectivity index (χ2n) is 4.00. The molecule has 86 valence electrons. The van der Waals surface area contributed by atoms with Crippen molar-refractivity contribution >= 4 is 11.8 Å². The third kappa shape index (κ3) is 1.64. The number of carbonyl (C=O) groups excluding carboxylic acids is 1. The summed E-state index contributed by atoms with van der Waals surface area (Å²) < 4.78 is 4.99. The Labute approximate surface area is 94.8 Å². The lowest BCUT2D eigenvalue weighted by Crippen LogP contribution is -2.13. The SMILES string of the molecule is CCOC(=O)c1c(N)nc2c(c1C)CCC2. The van der Waals surface area contributed by atoms with Gasteiger partial charge in [-0.25, -0.2) is 9.78 Å². The number of esters is 1. The van der Waals surface area contributed by atoms with Crippen LogP contribution >= 0.6 is 0 Å². The number of hydrogen-bond acceptors (Lipinski definition) is 4. The van der Waals surface area contributed by atoms with Crippen molar-refractivity contribution < 1.29 is 9.53 Å². The summed E-state index contributed by atoms with van der Waals surface area (Å²) in [7, 11) is 0. The van der Waals surface area contributed by atoms with E-state index in [0.29, 0.717) is 18.0 Å². The molecule has 1 heterocycles. The van der Waals surface area contributed by atoms with Crippen molar-refractivity contribution in [1.29, 1.82) is 0 Å². The van der Waals surface area contributed by atoms with Crippen LogP contribution in [0.25, 0.3) is 0 Å². The smallest absolute Gasteiger partial charge is 0.342 e. The van der Waals surface area contributed by atoms with Gasteiger partial charge in [-0.1, -0.05) is 0 Å². The Hall–Kier alpha value is -1.58. The average molecular weight is 220 g/mol. The molecule has 1 aromatic heterocycles. The zero-order chi connectivity index (χ0) is 11.7. The normalized spacial score (nSPS) is 13.6. The highest BCUT2D eigenvalue weighted by Gasteiger charge is 2.23. The van der Waals surface area contributed by atoms with Crippen molar-refractivity contribution in [3.63, 3.8) is 0 Å². The van der Waals surface area contributed by atoms with Crippen LogP contribution in [0.5, 0.6) is 0 Å².